The highest BCUT2D eigenvalue weighted by molar-refractivity contribution is 5.74. The molecule has 0 fully saturated rings. The van der Waals surface area contributed by atoms with Crippen LogP contribution < -0.4 is 5.32 Å². The molecule has 0 saturated carbocycles. The summed E-state index contributed by atoms with van der Waals surface area (Å²) >= 11 is 0. The average Bonchev–Trinajstić information content (AvgIpc) is 3.59. The highest BCUT2D eigenvalue weighted by Crippen LogP contribution is 2.09. The molecule has 2 aromatic heterocycles. The maximum absolute atomic E-state index is 8.78. The molecule has 8 heteroatoms. The van der Waals surface area contributed by atoms with Gasteiger partial charge in [-0.1, -0.05) is 95.4 Å². The van der Waals surface area contributed by atoms with Crippen LogP contribution in [0.15, 0.2) is 109 Å². The van der Waals surface area contributed by atoms with Gasteiger partial charge in [-0.05, 0) is 42.3 Å². The van der Waals surface area contributed by atoms with Crippen molar-refractivity contribution in [2.24, 2.45) is 0 Å². The lowest BCUT2D eigenvalue weighted by Gasteiger charge is -2.04. The molecule has 0 bridgehead atoms. The SMILES string of the molecule is CCn1nnc2ccccc21.OCn1nnc2ccccc21.c1ccc(CNCc2ccccc2)cc1. The van der Waals surface area contributed by atoms with E-state index in [1.54, 1.807) is 0 Å². The largest absolute Gasteiger partial charge is 0.374 e. The fourth-order valence-electron chi connectivity index (χ4n) is 3.72. The molecular weight excluding hydrogens is 462 g/mol. The van der Waals surface area contributed by atoms with E-state index in [0.29, 0.717) is 0 Å². The number of rotatable bonds is 6. The number of aromatic nitrogens is 6. The van der Waals surface area contributed by atoms with E-state index in [4.69, 9.17) is 5.11 Å². The zero-order valence-electron chi connectivity index (χ0n) is 20.9. The standard InChI is InChI=1S/C14H15N.C8H9N3.C7H7N3O/c1-3-7-13(8-4-1)11-15-12-14-9-5-2-6-10-14;1-2-11-8-6-4-3-5-7(8)9-10-11;11-5-10-7-4-2-1-3-6(7)8-9-10/h1-10,15H,11-12H2;3-6H,2H2,1H3;1-4,11H,5H2. The molecule has 6 aromatic rings. The van der Waals surface area contributed by atoms with Gasteiger partial charge in [0.1, 0.15) is 17.8 Å². The van der Waals surface area contributed by atoms with Crippen molar-refractivity contribution in [2.45, 2.75) is 33.3 Å². The maximum atomic E-state index is 8.78. The van der Waals surface area contributed by atoms with Crippen molar-refractivity contribution in [3.63, 3.8) is 0 Å². The Kier molecular flexibility index (Phi) is 9.46. The second-order valence-electron chi connectivity index (χ2n) is 8.19. The van der Waals surface area contributed by atoms with E-state index in [-0.39, 0.29) is 6.73 Å². The van der Waals surface area contributed by atoms with Crippen LogP contribution in [0.25, 0.3) is 22.1 Å². The van der Waals surface area contributed by atoms with Crippen molar-refractivity contribution in [2.75, 3.05) is 0 Å². The number of aryl methyl sites for hydroxylation is 1. The summed E-state index contributed by atoms with van der Waals surface area (Å²) < 4.78 is 3.32. The normalized spacial score (nSPS) is 10.4. The number of fused-ring (bicyclic) bond motifs is 2. The molecule has 2 heterocycles. The quantitative estimate of drug-likeness (QED) is 0.346. The van der Waals surface area contributed by atoms with Crippen LogP contribution in [-0.4, -0.2) is 35.1 Å². The van der Waals surface area contributed by atoms with Crippen molar-refractivity contribution in [3.05, 3.63) is 120 Å². The van der Waals surface area contributed by atoms with E-state index in [1.165, 1.54) is 15.8 Å². The van der Waals surface area contributed by atoms with Crippen molar-refractivity contribution >= 4 is 22.1 Å². The predicted molar refractivity (Wildman–Crippen MR) is 146 cm³/mol. The summed E-state index contributed by atoms with van der Waals surface area (Å²) in [5.74, 6) is 0. The van der Waals surface area contributed by atoms with Gasteiger partial charge in [-0.3, -0.25) is 0 Å². The number of nitrogens with zero attached hydrogens (tertiary/aromatic N) is 6. The maximum Gasteiger partial charge on any atom is 0.138 e. The summed E-state index contributed by atoms with van der Waals surface area (Å²) in [5, 5.41) is 27.8. The summed E-state index contributed by atoms with van der Waals surface area (Å²) in [5.41, 5.74) is 6.39. The Labute approximate surface area is 216 Å². The van der Waals surface area contributed by atoms with Crippen LogP contribution in [0.1, 0.15) is 18.1 Å². The van der Waals surface area contributed by atoms with Gasteiger partial charge < -0.3 is 10.4 Å². The van der Waals surface area contributed by atoms with Crippen molar-refractivity contribution in [1.82, 2.24) is 35.3 Å². The molecule has 37 heavy (non-hydrogen) atoms. The summed E-state index contributed by atoms with van der Waals surface area (Å²) in [6.45, 7) is 4.66. The molecule has 188 valence electrons. The van der Waals surface area contributed by atoms with Crippen LogP contribution in [0.4, 0.5) is 0 Å². The van der Waals surface area contributed by atoms with Gasteiger partial charge in [0.25, 0.3) is 0 Å². The fourth-order valence-corrected chi connectivity index (χ4v) is 3.72. The summed E-state index contributed by atoms with van der Waals surface area (Å²) in [4.78, 5) is 0. The minimum Gasteiger partial charge on any atom is -0.374 e. The molecule has 8 nitrogen and oxygen atoms in total. The summed E-state index contributed by atoms with van der Waals surface area (Å²) in [7, 11) is 0. The number of aliphatic hydroxyl groups is 1. The van der Waals surface area contributed by atoms with Crippen LogP contribution in [0.3, 0.4) is 0 Å². The van der Waals surface area contributed by atoms with E-state index in [2.05, 4.69) is 81.4 Å². The van der Waals surface area contributed by atoms with E-state index < -0.39 is 0 Å². The van der Waals surface area contributed by atoms with E-state index >= 15 is 0 Å². The third-order valence-electron chi connectivity index (χ3n) is 5.62. The molecule has 0 radical (unpaired) electrons. The zero-order valence-corrected chi connectivity index (χ0v) is 20.9. The number of hydrogen-bond donors (Lipinski definition) is 2. The predicted octanol–water partition coefficient (Wildman–Crippen LogP) is 4.81. The first-order valence-corrected chi connectivity index (χ1v) is 12.2. The number of benzene rings is 4. The molecule has 0 aliphatic carbocycles. The zero-order chi connectivity index (χ0) is 25.7. The first kappa shape index (κ1) is 25.7. The van der Waals surface area contributed by atoms with Crippen LogP contribution in [-0.2, 0) is 26.4 Å². The second kappa shape index (κ2) is 13.6. The Morgan fingerprint density at radius 2 is 1.03 bits per heavy atom. The van der Waals surface area contributed by atoms with Gasteiger partial charge in [-0.2, -0.15) is 0 Å². The van der Waals surface area contributed by atoms with Crippen molar-refractivity contribution < 1.29 is 5.11 Å². The van der Waals surface area contributed by atoms with Gasteiger partial charge >= 0.3 is 0 Å². The number of para-hydroxylation sites is 2. The van der Waals surface area contributed by atoms with Crippen LogP contribution in [0.5, 0.6) is 0 Å². The molecule has 6 rings (SSSR count). The fraction of sp³-hybridized carbons (Fsp3) is 0.172. The van der Waals surface area contributed by atoms with Gasteiger partial charge in [0, 0.05) is 19.6 Å². The molecule has 0 amide bonds. The molecule has 0 aliphatic rings. The molecular formula is C29H31N7O. The van der Waals surface area contributed by atoms with Gasteiger partial charge in [-0.25, -0.2) is 9.36 Å². The smallest absolute Gasteiger partial charge is 0.138 e. The lowest BCUT2D eigenvalue weighted by molar-refractivity contribution is 0.197. The highest BCUT2D eigenvalue weighted by atomic mass is 16.3. The van der Waals surface area contributed by atoms with E-state index in [9.17, 15) is 0 Å². The third kappa shape index (κ3) is 7.30. The van der Waals surface area contributed by atoms with Gasteiger partial charge in [-0.15, -0.1) is 10.2 Å². The van der Waals surface area contributed by atoms with Crippen LogP contribution in [0.2, 0.25) is 0 Å². The topological polar surface area (TPSA) is 93.7 Å². The Morgan fingerprint density at radius 1 is 0.595 bits per heavy atom. The lowest BCUT2D eigenvalue weighted by Crippen LogP contribution is -2.12. The number of nitrogens with one attached hydrogen (secondary N) is 1. The third-order valence-corrected chi connectivity index (χ3v) is 5.62. The monoisotopic (exact) mass is 493 g/mol. The van der Waals surface area contributed by atoms with Crippen molar-refractivity contribution in [3.8, 4) is 0 Å². The molecule has 2 N–H and O–H groups in total. The number of aliphatic hydroxyl groups excluding tert-OH is 1. The van der Waals surface area contributed by atoms with Crippen molar-refractivity contribution in [1.29, 1.82) is 0 Å². The second-order valence-corrected chi connectivity index (χ2v) is 8.19. The summed E-state index contributed by atoms with van der Waals surface area (Å²) in [6.07, 6.45) is 0. The number of hydrogen-bond acceptors (Lipinski definition) is 6. The van der Waals surface area contributed by atoms with Crippen LogP contribution in [0, 0.1) is 0 Å². The first-order valence-electron chi connectivity index (χ1n) is 12.2. The molecule has 0 aliphatic heterocycles. The van der Waals surface area contributed by atoms with Gasteiger partial charge in [0.2, 0.25) is 0 Å². The minimum atomic E-state index is -0.124. The minimum absolute atomic E-state index is 0.124. The van der Waals surface area contributed by atoms with E-state index in [1.807, 2.05) is 65.3 Å². The Morgan fingerprint density at radius 3 is 1.51 bits per heavy atom. The molecule has 0 saturated heterocycles. The first-order chi connectivity index (χ1) is 18.3. The Bertz CT molecular complexity index is 1370. The Balaban J connectivity index is 0.000000132. The molecule has 0 unspecified atom stereocenters. The average molecular weight is 494 g/mol. The molecule has 0 spiro atoms. The van der Waals surface area contributed by atoms with E-state index in [0.717, 1.165) is 41.7 Å². The molecule has 0 atom stereocenters. The Hall–Kier alpha value is -4.40. The highest BCUT2D eigenvalue weighted by Gasteiger charge is 2.00. The van der Waals surface area contributed by atoms with Crippen LogP contribution >= 0.6 is 0 Å². The van der Waals surface area contributed by atoms with Gasteiger partial charge in [0.15, 0.2) is 0 Å². The lowest BCUT2D eigenvalue weighted by atomic mass is 10.2. The van der Waals surface area contributed by atoms with Gasteiger partial charge in [0.05, 0.1) is 11.0 Å². The summed E-state index contributed by atoms with van der Waals surface area (Å²) in [6, 6.07) is 36.4. The molecule has 4 aromatic carbocycles.